The van der Waals surface area contributed by atoms with E-state index in [-0.39, 0.29) is 10.9 Å². The molecule has 1 aromatic rings. The van der Waals surface area contributed by atoms with Crippen LogP contribution in [0.5, 0.6) is 0 Å². The van der Waals surface area contributed by atoms with Crippen LogP contribution in [-0.4, -0.2) is 32.7 Å². The van der Waals surface area contributed by atoms with Gasteiger partial charge >= 0.3 is 0 Å². The Morgan fingerprint density at radius 1 is 1.44 bits per heavy atom. The highest BCUT2D eigenvalue weighted by atomic mass is 35.5. The van der Waals surface area contributed by atoms with Crippen LogP contribution in [0.2, 0.25) is 5.02 Å². The summed E-state index contributed by atoms with van der Waals surface area (Å²) in [5, 5.41) is 5.68. The average molecular weight is 275 g/mol. The molecule has 0 aliphatic heterocycles. The molecule has 2 N–H and O–H groups in total. The molecular weight excluding hydrogens is 259 g/mol. The number of carbonyl (C=O) groups is 1. The number of nitrogens with one attached hydrogen (secondary N) is 2. The molecule has 0 atom stereocenters. The molecule has 0 spiro atoms. The Morgan fingerprint density at radius 2 is 2.22 bits per heavy atom. The van der Waals surface area contributed by atoms with E-state index in [4.69, 9.17) is 16.3 Å². The van der Waals surface area contributed by atoms with Crippen LogP contribution >= 0.6 is 11.6 Å². The van der Waals surface area contributed by atoms with Crippen molar-refractivity contribution >= 4 is 23.2 Å². The van der Waals surface area contributed by atoms with Gasteiger partial charge in [-0.15, -0.1) is 0 Å². The van der Waals surface area contributed by atoms with Crippen molar-refractivity contribution in [2.24, 2.45) is 0 Å². The number of rotatable bonds is 7. The average Bonchev–Trinajstić information content (AvgIpc) is 2.34. The van der Waals surface area contributed by atoms with Gasteiger partial charge in [-0.3, -0.25) is 4.79 Å². The van der Waals surface area contributed by atoms with Crippen LogP contribution in [0.1, 0.15) is 6.42 Å². The Bertz CT molecular complexity index is 402. The molecule has 1 amide bonds. The SMILES string of the molecule is COCCNCCC(=O)Nc1ccc(F)c(Cl)c1. The van der Waals surface area contributed by atoms with Crippen molar-refractivity contribution in [2.45, 2.75) is 6.42 Å². The lowest BCUT2D eigenvalue weighted by molar-refractivity contribution is -0.116. The Morgan fingerprint density at radius 3 is 2.89 bits per heavy atom. The van der Waals surface area contributed by atoms with E-state index in [0.717, 1.165) is 0 Å². The Kier molecular flexibility index (Phi) is 6.64. The maximum Gasteiger partial charge on any atom is 0.225 e. The van der Waals surface area contributed by atoms with E-state index < -0.39 is 5.82 Å². The van der Waals surface area contributed by atoms with Crippen LogP contribution < -0.4 is 10.6 Å². The van der Waals surface area contributed by atoms with Gasteiger partial charge in [-0.05, 0) is 18.2 Å². The van der Waals surface area contributed by atoms with Crippen molar-refractivity contribution in [3.05, 3.63) is 29.0 Å². The second-order valence-corrected chi connectivity index (χ2v) is 4.08. The molecule has 0 aliphatic carbocycles. The van der Waals surface area contributed by atoms with Gasteiger partial charge in [0, 0.05) is 32.3 Å². The van der Waals surface area contributed by atoms with Gasteiger partial charge in [-0.2, -0.15) is 0 Å². The first-order valence-electron chi connectivity index (χ1n) is 5.58. The van der Waals surface area contributed by atoms with Crippen molar-refractivity contribution in [2.75, 3.05) is 32.1 Å². The Hall–Kier alpha value is -1.17. The summed E-state index contributed by atoms with van der Waals surface area (Å²) in [5.41, 5.74) is 0.489. The lowest BCUT2D eigenvalue weighted by Gasteiger charge is -2.06. The first kappa shape index (κ1) is 14.9. The van der Waals surface area contributed by atoms with Crippen LogP contribution in [0.15, 0.2) is 18.2 Å². The van der Waals surface area contributed by atoms with E-state index in [0.29, 0.717) is 31.8 Å². The molecule has 18 heavy (non-hydrogen) atoms. The van der Waals surface area contributed by atoms with E-state index in [1.165, 1.54) is 18.2 Å². The van der Waals surface area contributed by atoms with E-state index in [1.54, 1.807) is 7.11 Å². The predicted molar refractivity (Wildman–Crippen MR) is 69.4 cm³/mol. The molecule has 100 valence electrons. The van der Waals surface area contributed by atoms with Crippen molar-refractivity contribution in [3.63, 3.8) is 0 Å². The van der Waals surface area contributed by atoms with Gasteiger partial charge in [0.05, 0.1) is 11.6 Å². The Balaban J connectivity index is 2.29. The predicted octanol–water partition coefficient (Wildman–Crippen LogP) is 2.04. The van der Waals surface area contributed by atoms with Gasteiger partial charge < -0.3 is 15.4 Å². The number of halogens is 2. The van der Waals surface area contributed by atoms with Crippen LogP contribution in [0.25, 0.3) is 0 Å². The summed E-state index contributed by atoms with van der Waals surface area (Å²) < 4.78 is 17.7. The number of hydrogen-bond acceptors (Lipinski definition) is 3. The highest BCUT2D eigenvalue weighted by Crippen LogP contribution is 2.19. The number of carbonyl (C=O) groups excluding carboxylic acids is 1. The molecule has 1 rings (SSSR count). The van der Waals surface area contributed by atoms with Crippen molar-refractivity contribution in [1.82, 2.24) is 5.32 Å². The third-order valence-corrected chi connectivity index (χ3v) is 2.50. The summed E-state index contributed by atoms with van der Waals surface area (Å²) >= 11 is 5.61. The standard InChI is InChI=1S/C12H16ClFN2O2/c1-18-7-6-15-5-4-12(17)16-9-2-3-11(14)10(13)8-9/h2-3,8,15H,4-7H2,1H3,(H,16,17). The molecule has 0 radical (unpaired) electrons. The van der Waals surface area contributed by atoms with Gasteiger partial charge in [0.25, 0.3) is 0 Å². The highest BCUT2D eigenvalue weighted by molar-refractivity contribution is 6.31. The molecule has 4 nitrogen and oxygen atoms in total. The number of benzene rings is 1. The normalized spacial score (nSPS) is 10.4. The van der Waals surface area contributed by atoms with Crippen molar-refractivity contribution in [3.8, 4) is 0 Å². The van der Waals surface area contributed by atoms with Gasteiger partial charge in [-0.1, -0.05) is 11.6 Å². The molecular formula is C12H16ClFN2O2. The maximum atomic E-state index is 12.9. The minimum absolute atomic E-state index is 0.00832. The monoisotopic (exact) mass is 274 g/mol. The fraction of sp³-hybridized carbons (Fsp3) is 0.417. The van der Waals surface area contributed by atoms with Gasteiger partial charge in [0.1, 0.15) is 5.82 Å². The zero-order valence-electron chi connectivity index (χ0n) is 10.1. The van der Waals surface area contributed by atoms with Gasteiger partial charge in [0.15, 0.2) is 0 Å². The fourth-order valence-corrected chi connectivity index (χ4v) is 1.48. The zero-order valence-corrected chi connectivity index (χ0v) is 10.9. The third-order valence-electron chi connectivity index (χ3n) is 2.22. The molecule has 0 aliphatic rings. The summed E-state index contributed by atoms with van der Waals surface area (Å²) in [4.78, 5) is 11.5. The summed E-state index contributed by atoms with van der Waals surface area (Å²) in [6.07, 6.45) is 0.332. The molecule has 0 unspecified atom stereocenters. The van der Waals surface area contributed by atoms with Crippen LogP contribution in [0, 0.1) is 5.82 Å². The number of methoxy groups -OCH3 is 1. The molecule has 1 aromatic carbocycles. The minimum atomic E-state index is -0.504. The number of amides is 1. The lowest BCUT2D eigenvalue weighted by Crippen LogP contribution is -2.24. The Labute approximate surface area is 110 Å². The van der Waals surface area contributed by atoms with Gasteiger partial charge in [-0.25, -0.2) is 4.39 Å². The van der Waals surface area contributed by atoms with Crippen LogP contribution in [-0.2, 0) is 9.53 Å². The van der Waals surface area contributed by atoms with Crippen LogP contribution in [0.4, 0.5) is 10.1 Å². The molecule has 0 saturated heterocycles. The van der Waals surface area contributed by atoms with E-state index in [1.807, 2.05) is 0 Å². The quantitative estimate of drug-likeness (QED) is 0.748. The van der Waals surface area contributed by atoms with E-state index in [9.17, 15) is 9.18 Å². The first-order chi connectivity index (χ1) is 8.63. The lowest BCUT2D eigenvalue weighted by atomic mass is 10.3. The topological polar surface area (TPSA) is 50.4 Å². The van der Waals surface area contributed by atoms with Crippen molar-refractivity contribution in [1.29, 1.82) is 0 Å². The number of anilines is 1. The summed E-state index contributed by atoms with van der Waals surface area (Å²) in [7, 11) is 1.62. The minimum Gasteiger partial charge on any atom is -0.383 e. The van der Waals surface area contributed by atoms with E-state index in [2.05, 4.69) is 10.6 Å². The maximum absolute atomic E-state index is 12.9. The zero-order chi connectivity index (χ0) is 13.4. The highest BCUT2D eigenvalue weighted by Gasteiger charge is 2.04. The van der Waals surface area contributed by atoms with E-state index >= 15 is 0 Å². The second-order valence-electron chi connectivity index (χ2n) is 3.67. The number of hydrogen-bond donors (Lipinski definition) is 2. The first-order valence-corrected chi connectivity index (χ1v) is 5.96. The largest absolute Gasteiger partial charge is 0.383 e. The van der Waals surface area contributed by atoms with Crippen LogP contribution in [0.3, 0.4) is 0 Å². The summed E-state index contributed by atoms with van der Waals surface area (Å²) in [6.45, 7) is 1.87. The van der Waals surface area contributed by atoms with Gasteiger partial charge in [0.2, 0.25) is 5.91 Å². The molecule has 0 heterocycles. The smallest absolute Gasteiger partial charge is 0.225 e. The van der Waals surface area contributed by atoms with Crippen molar-refractivity contribution < 1.29 is 13.9 Å². The molecule has 0 saturated carbocycles. The summed E-state index contributed by atoms with van der Waals surface area (Å²) in [5.74, 6) is -0.654. The second kappa shape index (κ2) is 8.02. The number of ether oxygens (including phenoxy) is 1. The summed E-state index contributed by atoms with van der Waals surface area (Å²) in [6, 6.07) is 4.07. The molecule has 0 fully saturated rings. The fourth-order valence-electron chi connectivity index (χ4n) is 1.30. The molecule has 0 aromatic heterocycles. The molecule has 6 heteroatoms. The third kappa shape index (κ3) is 5.44. The molecule has 0 bridgehead atoms.